The maximum absolute atomic E-state index is 9.45. The summed E-state index contributed by atoms with van der Waals surface area (Å²) in [6.45, 7) is 3.97. The molecule has 2 N–H and O–H groups in total. The van der Waals surface area contributed by atoms with Crippen LogP contribution in [-0.2, 0) is 0 Å². The Morgan fingerprint density at radius 1 is 1.35 bits per heavy atom. The highest BCUT2D eigenvalue weighted by molar-refractivity contribution is 7.14. The molecule has 0 bridgehead atoms. The molecular weight excluding hydrogens is 254 g/mol. The van der Waals surface area contributed by atoms with E-state index < -0.39 is 0 Å². The van der Waals surface area contributed by atoms with Crippen molar-refractivity contribution in [1.29, 1.82) is 0 Å². The van der Waals surface area contributed by atoms with Gasteiger partial charge in [-0.05, 0) is 54.6 Å². The standard InChI is InChI=1S/C13H14ClNOS/c1-8-5-11(3-4-12(8)16)15-9(2)10-6-13(14)17-7-10/h3-7,9,15-16H,1-2H3. The van der Waals surface area contributed by atoms with Crippen molar-refractivity contribution in [2.45, 2.75) is 19.9 Å². The van der Waals surface area contributed by atoms with Gasteiger partial charge >= 0.3 is 0 Å². The maximum Gasteiger partial charge on any atom is 0.118 e. The molecule has 0 fully saturated rings. The molecular formula is C13H14ClNOS. The maximum atomic E-state index is 9.45. The van der Waals surface area contributed by atoms with Crippen LogP contribution in [-0.4, -0.2) is 5.11 Å². The molecule has 0 saturated carbocycles. The van der Waals surface area contributed by atoms with Crippen molar-refractivity contribution in [2.75, 3.05) is 5.32 Å². The predicted molar refractivity (Wildman–Crippen MR) is 74.2 cm³/mol. The van der Waals surface area contributed by atoms with E-state index in [1.54, 1.807) is 6.07 Å². The highest BCUT2D eigenvalue weighted by atomic mass is 35.5. The van der Waals surface area contributed by atoms with Gasteiger partial charge in [0.25, 0.3) is 0 Å². The fraction of sp³-hybridized carbons (Fsp3) is 0.231. The Balaban J connectivity index is 2.12. The molecule has 0 aliphatic heterocycles. The zero-order chi connectivity index (χ0) is 12.4. The van der Waals surface area contributed by atoms with E-state index in [1.165, 1.54) is 16.9 Å². The topological polar surface area (TPSA) is 32.3 Å². The van der Waals surface area contributed by atoms with Crippen LogP contribution in [0.2, 0.25) is 4.34 Å². The van der Waals surface area contributed by atoms with Crippen molar-refractivity contribution in [2.24, 2.45) is 0 Å². The molecule has 0 aliphatic rings. The van der Waals surface area contributed by atoms with Crippen LogP contribution in [0.5, 0.6) is 5.75 Å². The Morgan fingerprint density at radius 3 is 2.71 bits per heavy atom. The number of phenolic OH excluding ortho intramolecular Hbond substituents is 1. The Kier molecular flexibility index (Phi) is 3.60. The van der Waals surface area contributed by atoms with Crippen LogP contribution in [0, 0.1) is 6.92 Å². The molecule has 1 aromatic carbocycles. The van der Waals surface area contributed by atoms with Crippen molar-refractivity contribution in [3.8, 4) is 5.75 Å². The zero-order valence-corrected chi connectivity index (χ0v) is 11.3. The van der Waals surface area contributed by atoms with E-state index in [0.717, 1.165) is 15.6 Å². The van der Waals surface area contributed by atoms with Gasteiger partial charge in [0.15, 0.2) is 0 Å². The lowest BCUT2D eigenvalue weighted by Crippen LogP contribution is -2.05. The Hall–Kier alpha value is -1.19. The molecule has 2 rings (SSSR count). The van der Waals surface area contributed by atoms with Gasteiger partial charge < -0.3 is 10.4 Å². The molecule has 4 heteroatoms. The number of nitrogens with one attached hydrogen (secondary N) is 1. The summed E-state index contributed by atoms with van der Waals surface area (Å²) in [4.78, 5) is 0. The highest BCUT2D eigenvalue weighted by Crippen LogP contribution is 2.28. The number of aryl methyl sites for hydroxylation is 1. The summed E-state index contributed by atoms with van der Waals surface area (Å²) in [5.74, 6) is 0.321. The summed E-state index contributed by atoms with van der Waals surface area (Å²) in [6.07, 6.45) is 0. The SMILES string of the molecule is Cc1cc(NC(C)c2csc(Cl)c2)ccc1O. The fourth-order valence-corrected chi connectivity index (χ4v) is 2.61. The zero-order valence-electron chi connectivity index (χ0n) is 9.70. The van der Waals surface area contributed by atoms with Gasteiger partial charge in [-0.25, -0.2) is 0 Å². The van der Waals surface area contributed by atoms with Crippen LogP contribution in [0.15, 0.2) is 29.6 Å². The third-order valence-electron chi connectivity index (χ3n) is 2.67. The molecule has 1 aromatic heterocycles. The van der Waals surface area contributed by atoms with Crippen LogP contribution in [0.1, 0.15) is 24.1 Å². The lowest BCUT2D eigenvalue weighted by atomic mass is 10.1. The van der Waals surface area contributed by atoms with Gasteiger partial charge in [0.1, 0.15) is 5.75 Å². The number of halogens is 1. The Morgan fingerprint density at radius 2 is 2.12 bits per heavy atom. The number of phenols is 1. The van der Waals surface area contributed by atoms with Gasteiger partial charge in [-0.3, -0.25) is 0 Å². The monoisotopic (exact) mass is 267 g/mol. The second-order valence-electron chi connectivity index (χ2n) is 4.05. The third-order valence-corrected chi connectivity index (χ3v) is 3.78. The fourth-order valence-electron chi connectivity index (χ4n) is 1.63. The predicted octanol–water partition coefficient (Wildman–Crippen LogP) is 4.59. The highest BCUT2D eigenvalue weighted by Gasteiger charge is 2.08. The van der Waals surface area contributed by atoms with Crippen LogP contribution in [0.3, 0.4) is 0 Å². The molecule has 90 valence electrons. The van der Waals surface area contributed by atoms with Gasteiger partial charge in [0.2, 0.25) is 0 Å². The van der Waals surface area contributed by atoms with Crippen LogP contribution in [0.4, 0.5) is 5.69 Å². The van der Waals surface area contributed by atoms with E-state index >= 15 is 0 Å². The van der Waals surface area contributed by atoms with E-state index in [1.807, 2.05) is 30.5 Å². The number of anilines is 1. The Labute approximate surface area is 110 Å². The van der Waals surface area contributed by atoms with Crippen molar-refractivity contribution >= 4 is 28.6 Å². The summed E-state index contributed by atoms with van der Waals surface area (Å²) >= 11 is 7.45. The lowest BCUT2D eigenvalue weighted by Gasteiger charge is -2.14. The molecule has 1 atom stereocenters. The normalized spacial score (nSPS) is 12.4. The van der Waals surface area contributed by atoms with Crippen LogP contribution in [0.25, 0.3) is 0 Å². The van der Waals surface area contributed by atoms with Crippen LogP contribution < -0.4 is 5.32 Å². The third kappa shape index (κ3) is 2.93. The first-order valence-electron chi connectivity index (χ1n) is 5.36. The van der Waals surface area contributed by atoms with E-state index in [-0.39, 0.29) is 6.04 Å². The summed E-state index contributed by atoms with van der Waals surface area (Å²) in [5, 5.41) is 14.9. The molecule has 0 aliphatic carbocycles. The lowest BCUT2D eigenvalue weighted by molar-refractivity contribution is 0.471. The number of hydrogen-bond acceptors (Lipinski definition) is 3. The Bertz CT molecular complexity index is 524. The van der Waals surface area contributed by atoms with Gasteiger partial charge in [0, 0.05) is 11.7 Å². The minimum Gasteiger partial charge on any atom is -0.508 e. The molecule has 0 saturated heterocycles. The first-order valence-corrected chi connectivity index (χ1v) is 6.62. The average molecular weight is 268 g/mol. The van der Waals surface area contributed by atoms with Crippen molar-refractivity contribution in [1.82, 2.24) is 0 Å². The number of aromatic hydroxyl groups is 1. The minimum atomic E-state index is 0.197. The first-order chi connectivity index (χ1) is 8.06. The minimum absolute atomic E-state index is 0.197. The molecule has 2 nitrogen and oxygen atoms in total. The number of thiophene rings is 1. The molecule has 17 heavy (non-hydrogen) atoms. The van der Waals surface area contributed by atoms with E-state index in [2.05, 4.69) is 12.2 Å². The van der Waals surface area contributed by atoms with Crippen molar-refractivity contribution in [3.05, 3.63) is 45.1 Å². The number of benzene rings is 1. The summed E-state index contributed by atoms with van der Waals surface area (Å²) in [6, 6.07) is 7.66. The van der Waals surface area contributed by atoms with Gasteiger partial charge in [-0.2, -0.15) is 0 Å². The van der Waals surface area contributed by atoms with E-state index in [4.69, 9.17) is 11.6 Å². The number of hydrogen-bond donors (Lipinski definition) is 2. The molecule has 1 unspecified atom stereocenters. The summed E-state index contributed by atoms with van der Waals surface area (Å²) in [7, 11) is 0. The second-order valence-corrected chi connectivity index (χ2v) is 5.59. The van der Waals surface area contributed by atoms with Crippen molar-refractivity contribution < 1.29 is 5.11 Å². The van der Waals surface area contributed by atoms with E-state index in [9.17, 15) is 5.11 Å². The summed E-state index contributed by atoms with van der Waals surface area (Å²) < 4.78 is 0.801. The molecule has 1 heterocycles. The summed E-state index contributed by atoms with van der Waals surface area (Å²) in [5.41, 5.74) is 3.03. The molecule has 0 radical (unpaired) electrons. The molecule has 0 spiro atoms. The van der Waals surface area contributed by atoms with Gasteiger partial charge in [0.05, 0.1) is 4.34 Å². The molecule has 0 amide bonds. The van der Waals surface area contributed by atoms with Crippen LogP contribution >= 0.6 is 22.9 Å². The second kappa shape index (κ2) is 4.98. The average Bonchev–Trinajstić information content (AvgIpc) is 2.70. The number of rotatable bonds is 3. The largest absolute Gasteiger partial charge is 0.508 e. The van der Waals surface area contributed by atoms with Gasteiger partial charge in [-0.15, -0.1) is 11.3 Å². The smallest absolute Gasteiger partial charge is 0.118 e. The quantitative estimate of drug-likeness (QED) is 0.798. The van der Waals surface area contributed by atoms with E-state index in [0.29, 0.717) is 5.75 Å². The first kappa shape index (κ1) is 12.3. The van der Waals surface area contributed by atoms with Gasteiger partial charge in [-0.1, -0.05) is 11.6 Å². The van der Waals surface area contributed by atoms with Crippen molar-refractivity contribution in [3.63, 3.8) is 0 Å². The molecule has 2 aromatic rings.